The van der Waals surface area contributed by atoms with E-state index in [1.807, 2.05) is 0 Å². The molecule has 3 rings (SSSR count). The highest BCUT2D eigenvalue weighted by Gasteiger charge is 2.17. The van der Waals surface area contributed by atoms with Gasteiger partial charge in [-0.15, -0.1) is 13.2 Å². The van der Waals surface area contributed by atoms with Crippen molar-refractivity contribution < 1.29 is 0 Å². The van der Waals surface area contributed by atoms with Crippen LogP contribution < -0.4 is 0 Å². The molecule has 0 nitrogen and oxygen atoms in total. The van der Waals surface area contributed by atoms with Crippen LogP contribution in [0.3, 0.4) is 0 Å². The van der Waals surface area contributed by atoms with Gasteiger partial charge in [-0.2, -0.15) is 0 Å². The Morgan fingerprint density at radius 1 is 0.833 bits per heavy atom. The lowest BCUT2D eigenvalue weighted by atomic mass is 9.82. The summed E-state index contributed by atoms with van der Waals surface area (Å²) in [6.07, 6.45) is 20.8. The van der Waals surface area contributed by atoms with E-state index in [1.165, 1.54) is 51.9 Å². The molecule has 0 heterocycles. The molecule has 0 spiro atoms. The zero-order valence-electron chi connectivity index (χ0n) is 15.3. The Morgan fingerprint density at radius 2 is 1.50 bits per heavy atom. The summed E-state index contributed by atoms with van der Waals surface area (Å²) in [7, 11) is 0. The summed E-state index contributed by atoms with van der Waals surface area (Å²) in [4.78, 5) is 0. The van der Waals surface area contributed by atoms with Gasteiger partial charge in [0.25, 0.3) is 0 Å². The van der Waals surface area contributed by atoms with Crippen LogP contribution in [-0.4, -0.2) is 0 Å². The van der Waals surface area contributed by atoms with E-state index in [0.717, 1.165) is 25.7 Å². The molecule has 126 valence electrons. The quantitative estimate of drug-likeness (QED) is 0.478. The molecule has 0 N–H and O–H groups in total. The average Bonchev–Trinajstić information content (AvgIpc) is 2.64. The molecule has 0 fully saturated rings. The lowest BCUT2D eigenvalue weighted by Crippen LogP contribution is -2.04. The molecule has 0 amide bonds. The minimum atomic E-state index is 1.13. The Balaban J connectivity index is 0.00000100. The van der Waals surface area contributed by atoms with Gasteiger partial charge < -0.3 is 0 Å². The highest BCUT2D eigenvalue weighted by molar-refractivity contribution is 5.54. The van der Waals surface area contributed by atoms with E-state index in [1.54, 1.807) is 0 Å². The maximum absolute atomic E-state index is 4.39. The van der Waals surface area contributed by atoms with E-state index in [4.69, 9.17) is 0 Å². The van der Waals surface area contributed by atoms with E-state index in [2.05, 4.69) is 70.0 Å². The SMILES string of the molecule is C=C.C=C(C1=CC=C(C2=CC=C(C)CC2)CC1)C1=C(C)C=CCC1. The zero-order valence-corrected chi connectivity index (χ0v) is 15.3. The summed E-state index contributed by atoms with van der Waals surface area (Å²) in [6, 6.07) is 0. The van der Waals surface area contributed by atoms with Crippen LogP contribution in [0, 0.1) is 0 Å². The Bertz CT molecular complexity index is 684. The van der Waals surface area contributed by atoms with Gasteiger partial charge >= 0.3 is 0 Å². The molecule has 0 unspecified atom stereocenters. The fourth-order valence-corrected chi connectivity index (χ4v) is 3.53. The molecule has 0 saturated carbocycles. The van der Waals surface area contributed by atoms with Crippen LogP contribution >= 0.6 is 0 Å². The standard InChI is InChI=1S/C22H26.C2H4/c1-16-8-10-20(11-9-16)21-14-12-19(13-15-21)18(3)22-7-5-4-6-17(22)2;1-2/h4,6,8,10,12,14H,3,5,7,9,11,13,15H2,1-2H3;1-2H2. The van der Waals surface area contributed by atoms with Crippen LogP contribution in [-0.2, 0) is 0 Å². The van der Waals surface area contributed by atoms with Gasteiger partial charge in [0.1, 0.15) is 0 Å². The Kier molecular flexibility index (Phi) is 6.61. The smallest absolute Gasteiger partial charge is 0.0232 e. The molecule has 0 aromatic rings. The van der Waals surface area contributed by atoms with Gasteiger partial charge in [-0.1, -0.05) is 48.6 Å². The third kappa shape index (κ3) is 4.26. The molecule has 24 heavy (non-hydrogen) atoms. The summed E-state index contributed by atoms with van der Waals surface area (Å²) in [5, 5.41) is 0. The summed E-state index contributed by atoms with van der Waals surface area (Å²) in [5.41, 5.74) is 10.1. The van der Waals surface area contributed by atoms with Crippen molar-refractivity contribution in [3.05, 3.63) is 95.2 Å². The average molecular weight is 319 g/mol. The third-order valence-corrected chi connectivity index (χ3v) is 5.08. The molecule has 0 atom stereocenters. The van der Waals surface area contributed by atoms with Crippen LogP contribution in [0.25, 0.3) is 0 Å². The monoisotopic (exact) mass is 318 g/mol. The van der Waals surface area contributed by atoms with Crippen LogP contribution in [0.5, 0.6) is 0 Å². The fourth-order valence-electron chi connectivity index (χ4n) is 3.53. The van der Waals surface area contributed by atoms with Gasteiger partial charge in [-0.05, 0) is 85.8 Å². The van der Waals surface area contributed by atoms with Gasteiger partial charge in [0, 0.05) is 0 Å². The van der Waals surface area contributed by atoms with Crippen molar-refractivity contribution >= 4 is 0 Å². The van der Waals surface area contributed by atoms with Crippen molar-refractivity contribution in [2.24, 2.45) is 0 Å². The van der Waals surface area contributed by atoms with Crippen molar-refractivity contribution in [3.63, 3.8) is 0 Å². The third-order valence-electron chi connectivity index (χ3n) is 5.08. The minimum absolute atomic E-state index is 1.13. The van der Waals surface area contributed by atoms with Gasteiger partial charge in [0.15, 0.2) is 0 Å². The summed E-state index contributed by atoms with van der Waals surface area (Å²) in [5.74, 6) is 0. The van der Waals surface area contributed by atoms with E-state index in [9.17, 15) is 0 Å². The first-order valence-corrected chi connectivity index (χ1v) is 8.97. The molecular formula is C24H30. The van der Waals surface area contributed by atoms with E-state index < -0.39 is 0 Å². The normalized spacial score (nSPS) is 20.2. The molecule has 0 aromatic heterocycles. The first-order valence-electron chi connectivity index (χ1n) is 8.97. The Hall–Kier alpha value is -2.08. The molecule has 0 saturated heterocycles. The van der Waals surface area contributed by atoms with Crippen LogP contribution in [0.15, 0.2) is 95.2 Å². The van der Waals surface area contributed by atoms with Crippen LogP contribution in [0.1, 0.15) is 52.4 Å². The molecular weight excluding hydrogens is 288 g/mol. The molecule has 0 aliphatic heterocycles. The first kappa shape index (κ1) is 18.3. The predicted octanol–water partition coefficient (Wildman–Crippen LogP) is 7.32. The van der Waals surface area contributed by atoms with Crippen molar-refractivity contribution in [3.8, 4) is 0 Å². The summed E-state index contributed by atoms with van der Waals surface area (Å²) >= 11 is 0. The molecule has 0 bridgehead atoms. The maximum Gasteiger partial charge on any atom is -0.0232 e. The molecule has 3 aliphatic carbocycles. The van der Waals surface area contributed by atoms with Crippen LogP contribution in [0.4, 0.5) is 0 Å². The van der Waals surface area contributed by atoms with Gasteiger partial charge in [-0.25, -0.2) is 0 Å². The van der Waals surface area contributed by atoms with Crippen molar-refractivity contribution in [1.82, 2.24) is 0 Å². The summed E-state index contributed by atoms with van der Waals surface area (Å²) < 4.78 is 0. The Morgan fingerprint density at radius 3 is 2.04 bits per heavy atom. The second-order valence-electron chi connectivity index (χ2n) is 6.67. The van der Waals surface area contributed by atoms with Crippen molar-refractivity contribution in [2.75, 3.05) is 0 Å². The lowest BCUT2D eigenvalue weighted by molar-refractivity contribution is 0.849. The lowest BCUT2D eigenvalue weighted by Gasteiger charge is -2.23. The molecule has 0 heteroatoms. The predicted molar refractivity (Wildman–Crippen MR) is 108 cm³/mol. The highest BCUT2D eigenvalue weighted by Crippen LogP contribution is 2.36. The number of hydrogen-bond acceptors (Lipinski definition) is 0. The molecule has 0 aromatic carbocycles. The van der Waals surface area contributed by atoms with Crippen molar-refractivity contribution in [1.29, 1.82) is 0 Å². The number of rotatable bonds is 3. The first-order chi connectivity index (χ1) is 11.6. The summed E-state index contributed by atoms with van der Waals surface area (Å²) in [6.45, 7) is 14.8. The molecule has 0 radical (unpaired) electrons. The maximum atomic E-state index is 4.39. The van der Waals surface area contributed by atoms with E-state index in [-0.39, 0.29) is 0 Å². The number of hydrogen-bond donors (Lipinski definition) is 0. The second kappa shape index (κ2) is 8.68. The Labute approximate surface area is 148 Å². The largest absolute Gasteiger partial charge is 0.106 e. The number of allylic oxidation sites excluding steroid dienone is 13. The molecule has 3 aliphatic rings. The van der Waals surface area contributed by atoms with Crippen molar-refractivity contribution in [2.45, 2.75) is 52.4 Å². The fraction of sp³-hybridized carbons (Fsp3) is 0.333. The zero-order chi connectivity index (χ0) is 17.5. The topological polar surface area (TPSA) is 0 Å². The second-order valence-corrected chi connectivity index (χ2v) is 6.67. The van der Waals surface area contributed by atoms with E-state index >= 15 is 0 Å². The van der Waals surface area contributed by atoms with Crippen LogP contribution in [0.2, 0.25) is 0 Å². The van der Waals surface area contributed by atoms with Gasteiger partial charge in [-0.3, -0.25) is 0 Å². The highest BCUT2D eigenvalue weighted by atomic mass is 14.2. The minimum Gasteiger partial charge on any atom is -0.106 e. The van der Waals surface area contributed by atoms with Gasteiger partial charge in [0.05, 0.1) is 0 Å². The van der Waals surface area contributed by atoms with Gasteiger partial charge in [0.2, 0.25) is 0 Å². The van der Waals surface area contributed by atoms with E-state index in [0.29, 0.717) is 0 Å².